The number of amides is 1. The van der Waals surface area contributed by atoms with Crippen molar-refractivity contribution in [2.45, 2.75) is 19.5 Å². The average Bonchev–Trinajstić information content (AvgIpc) is 3.23. The lowest BCUT2D eigenvalue weighted by molar-refractivity contribution is 0.00735. The molecule has 0 bridgehead atoms. The SMILES string of the molecule is Cc1nn(-c2ccccc2)c2nc3c(cc12)CN(CC(c1ccccc1)N1CCOCC1)C(=O)O3. The fourth-order valence-electron chi connectivity index (χ4n) is 4.92. The highest BCUT2D eigenvalue weighted by Gasteiger charge is 2.32. The standard InChI is InChI=1S/C27H27N5O3/c1-19-23-16-21-17-31(18-24(20-8-4-2-5-9-20)30-12-14-34-15-13-30)27(33)35-26(21)28-25(23)32(29-19)22-10-6-3-7-11-22/h2-11,16,24H,12-15,17-18H2,1H3. The van der Waals surface area contributed by atoms with E-state index in [-0.39, 0.29) is 12.1 Å². The fourth-order valence-corrected chi connectivity index (χ4v) is 4.92. The molecule has 2 aromatic carbocycles. The number of pyridine rings is 1. The summed E-state index contributed by atoms with van der Waals surface area (Å²) in [5.74, 6) is 0.360. The molecule has 1 fully saturated rings. The van der Waals surface area contributed by atoms with Crippen LogP contribution >= 0.6 is 0 Å². The number of nitrogens with zero attached hydrogens (tertiary/aromatic N) is 5. The number of morpholine rings is 1. The van der Waals surface area contributed by atoms with Gasteiger partial charge in [-0.1, -0.05) is 48.5 Å². The highest BCUT2D eigenvalue weighted by Crippen LogP contribution is 2.32. The molecule has 8 heteroatoms. The largest absolute Gasteiger partial charge is 0.416 e. The lowest BCUT2D eigenvalue weighted by atomic mass is 10.0. The summed E-state index contributed by atoms with van der Waals surface area (Å²) in [5, 5.41) is 5.66. The van der Waals surface area contributed by atoms with Gasteiger partial charge < -0.3 is 14.4 Å². The van der Waals surface area contributed by atoms with E-state index >= 15 is 0 Å². The predicted molar refractivity (Wildman–Crippen MR) is 132 cm³/mol. The van der Waals surface area contributed by atoms with Crippen molar-refractivity contribution in [2.75, 3.05) is 32.8 Å². The van der Waals surface area contributed by atoms with Gasteiger partial charge >= 0.3 is 6.09 Å². The highest BCUT2D eigenvalue weighted by atomic mass is 16.6. The fraction of sp³-hybridized carbons (Fsp3) is 0.296. The van der Waals surface area contributed by atoms with Gasteiger partial charge in [-0.25, -0.2) is 9.48 Å². The van der Waals surface area contributed by atoms with Crippen LogP contribution in [0.2, 0.25) is 0 Å². The van der Waals surface area contributed by atoms with E-state index in [0.717, 1.165) is 35.4 Å². The van der Waals surface area contributed by atoms with Crippen molar-refractivity contribution in [3.8, 4) is 11.6 Å². The van der Waals surface area contributed by atoms with Crippen LogP contribution in [0.1, 0.15) is 22.9 Å². The minimum Gasteiger partial charge on any atom is -0.391 e. The summed E-state index contributed by atoms with van der Waals surface area (Å²) in [6.45, 7) is 6.01. The van der Waals surface area contributed by atoms with E-state index in [0.29, 0.717) is 37.8 Å². The Morgan fingerprint density at radius 2 is 1.71 bits per heavy atom. The zero-order valence-corrected chi connectivity index (χ0v) is 19.6. The minimum absolute atomic E-state index is 0.0634. The van der Waals surface area contributed by atoms with E-state index in [9.17, 15) is 4.79 Å². The summed E-state index contributed by atoms with van der Waals surface area (Å²) in [4.78, 5) is 22.0. The second kappa shape index (κ2) is 9.13. The quantitative estimate of drug-likeness (QED) is 0.438. The number of hydrogen-bond donors (Lipinski definition) is 0. The molecule has 2 aliphatic rings. The number of ether oxygens (including phenoxy) is 2. The van der Waals surface area contributed by atoms with Gasteiger partial charge in [0.1, 0.15) is 0 Å². The molecular weight excluding hydrogens is 442 g/mol. The Hall–Kier alpha value is -3.75. The van der Waals surface area contributed by atoms with Crippen molar-refractivity contribution in [3.63, 3.8) is 0 Å². The smallest absolute Gasteiger partial charge is 0.391 e. The first-order valence-corrected chi connectivity index (χ1v) is 12.0. The third-order valence-electron chi connectivity index (χ3n) is 6.75. The maximum absolute atomic E-state index is 13.1. The van der Waals surface area contributed by atoms with E-state index < -0.39 is 0 Å². The van der Waals surface area contributed by atoms with Crippen molar-refractivity contribution in [1.29, 1.82) is 0 Å². The van der Waals surface area contributed by atoms with E-state index in [1.165, 1.54) is 5.56 Å². The van der Waals surface area contributed by atoms with Crippen molar-refractivity contribution >= 4 is 17.1 Å². The van der Waals surface area contributed by atoms with Crippen molar-refractivity contribution in [3.05, 3.63) is 83.6 Å². The average molecular weight is 470 g/mol. The third-order valence-corrected chi connectivity index (χ3v) is 6.75. The van der Waals surface area contributed by atoms with Crippen LogP contribution in [0.4, 0.5) is 4.79 Å². The molecule has 6 rings (SSSR count). The first-order chi connectivity index (χ1) is 17.2. The maximum Gasteiger partial charge on any atom is 0.416 e. The molecule has 178 valence electrons. The van der Waals surface area contributed by atoms with Gasteiger partial charge in [0, 0.05) is 30.6 Å². The number of carbonyl (C=O) groups is 1. The van der Waals surface area contributed by atoms with Crippen LogP contribution in [-0.2, 0) is 11.3 Å². The van der Waals surface area contributed by atoms with Crippen LogP contribution in [0.5, 0.6) is 5.88 Å². The van der Waals surface area contributed by atoms with Gasteiger partial charge in [-0.2, -0.15) is 10.1 Å². The van der Waals surface area contributed by atoms with Gasteiger partial charge in [0.2, 0.25) is 5.88 Å². The van der Waals surface area contributed by atoms with Crippen molar-refractivity contribution < 1.29 is 14.3 Å². The molecule has 0 spiro atoms. The summed E-state index contributed by atoms with van der Waals surface area (Å²) in [5.41, 5.74) is 4.56. The van der Waals surface area contributed by atoms with Crippen LogP contribution in [0.25, 0.3) is 16.7 Å². The Kier molecular flexibility index (Phi) is 5.67. The van der Waals surface area contributed by atoms with Crippen molar-refractivity contribution in [1.82, 2.24) is 24.6 Å². The normalized spacial score (nSPS) is 17.3. The minimum atomic E-state index is -0.374. The monoisotopic (exact) mass is 469 g/mol. The summed E-state index contributed by atoms with van der Waals surface area (Å²) in [6.07, 6.45) is -0.374. The molecule has 4 heterocycles. The Balaban J connectivity index is 1.32. The number of rotatable bonds is 5. The summed E-state index contributed by atoms with van der Waals surface area (Å²) in [7, 11) is 0. The first kappa shape index (κ1) is 21.8. The molecule has 0 aliphatic carbocycles. The second-order valence-corrected chi connectivity index (χ2v) is 8.98. The molecule has 0 N–H and O–H groups in total. The van der Waals surface area contributed by atoms with Crippen LogP contribution in [0, 0.1) is 6.92 Å². The molecule has 0 saturated carbocycles. The molecule has 2 aliphatic heterocycles. The highest BCUT2D eigenvalue weighted by molar-refractivity contribution is 5.83. The Bertz CT molecular complexity index is 1350. The van der Waals surface area contributed by atoms with E-state index in [1.807, 2.05) is 55.5 Å². The number of hydrogen-bond acceptors (Lipinski definition) is 6. The molecule has 35 heavy (non-hydrogen) atoms. The van der Waals surface area contributed by atoms with Gasteiger partial charge in [-0.15, -0.1) is 0 Å². The van der Waals surface area contributed by atoms with E-state index in [4.69, 9.17) is 19.6 Å². The topological polar surface area (TPSA) is 72.7 Å². The molecule has 2 aromatic heterocycles. The van der Waals surface area contributed by atoms with Crippen LogP contribution in [-0.4, -0.2) is 63.5 Å². The number of para-hydroxylation sites is 1. The molecule has 8 nitrogen and oxygen atoms in total. The van der Waals surface area contributed by atoms with Gasteiger partial charge in [-0.05, 0) is 30.7 Å². The number of benzene rings is 2. The van der Waals surface area contributed by atoms with Gasteiger partial charge in [-0.3, -0.25) is 4.90 Å². The zero-order valence-electron chi connectivity index (χ0n) is 19.6. The lowest BCUT2D eigenvalue weighted by Crippen LogP contribution is -2.46. The number of carbonyl (C=O) groups excluding carboxylic acids is 1. The Labute approximate surface area is 203 Å². The van der Waals surface area contributed by atoms with Gasteiger partial charge in [0.25, 0.3) is 0 Å². The van der Waals surface area contributed by atoms with E-state index in [1.54, 1.807) is 9.58 Å². The number of aromatic nitrogens is 3. The molecule has 4 aromatic rings. The number of aryl methyl sites for hydroxylation is 1. The van der Waals surface area contributed by atoms with Gasteiger partial charge in [0.15, 0.2) is 5.65 Å². The maximum atomic E-state index is 13.1. The van der Waals surface area contributed by atoms with Gasteiger partial charge in [0.05, 0.1) is 37.2 Å². The summed E-state index contributed by atoms with van der Waals surface area (Å²) in [6, 6.07) is 22.3. The first-order valence-electron chi connectivity index (χ1n) is 12.0. The number of fused-ring (bicyclic) bond motifs is 2. The van der Waals surface area contributed by atoms with Crippen LogP contribution in [0.15, 0.2) is 66.7 Å². The molecular formula is C27H27N5O3. The Morgan fingerprint density at radius 1 is 1.00 bits per heavy atom. The molecule has 1 unspecified atom stereocenters. The predicted octanol–water partition coefficient (Wildman–Crippen LogP) is 4.12. The van der Waals surface area contributed by atoms with Crippen LogP contribution in [0.3, 0.4) is 0 Å². The second-order valence-electron chi connectivity index (χ2n) is 8.98. The molecule has 1 atom stereocenters. The van der Waals surface area contributed by atoms with Crippen molar-refractivity contribution in [2.24, 2.45) is 0 Å². The van der Waals surface area contributed by atoms with E-state index in [2.05, 4.69) is 23.1 Å². The molecule has 0 radical (unpaired) electrons. The summed E-state index contributed by atoms with van der Waals surface area (Å²) >= 11 is 0. The lowest BCUT2D eigenvalue weighted by Gasteiger charge is -2.38. The molecule has 1 saturated heterocycles. The van der Waals surface area contributed by atoms with Crippen LogP contribution < -0.4 is 4.74 Å². The summed E-state index contributed by atoms with van der Waals surface area (Å²) < 4.78 is 13.1. The zero-order chi connectivity index (χ0) is 23.8. The molecule has 1 amide bonds. The Morgan fingerprint density at radius 3 is 2.46 bits per heavy atom. The third kappa shape index (κ3) is 4.15.